The Hall–Kier alpha value is -2.55. The molecule has 2 rings (SSSR count). The SMILES string of the molecule is CCN1C(=O)S/C(=C/c2cc([N+](=O)[O-])cc(OC)c2O)C1=O. The topological polar surface area (TPSA) is 110 Å². The number of methoxy groups -OCH3 is 1. The Kier molecular flexibility index (Phi) is 4.36. The highest BCUT2D eigenvalue weighted by Gasteiger charge is 2.34. The lowest BCUT2D eigenvalue weighted by Gasteiger charge is -2.08. The van der Waals surface area contributed by atoms with Crippen LogP contribution in [0.2, 0.25) is 0 Å². The number of hydrogen-bond acceptors (Lipinski definition) is 7. The van der Waals surface area contributed by atoms with Crippen LogP contribution in [0.3, 0.4) is 0 Å². The number of hydrogen-bond donors (Lipinski definition) is 1. The fraction of sp³-hybridized carbons (Fsp3) is 0.231. The molecule has 0 aromatic heterocycles. The van der Waals surface area contributed by atoms with E-state index < -0.39 is 16.1 Å². The van der Waals surface area contributed by atoms with Crippen LogP contribution in [0.5, 0.6) is 11.5 Å². The maximum Gasteiger partial charge on any atom is 0.293 e. The Morgan fingerprint density at radius 3 is 2.64 bits per heavy atom. The number of carbonyl (C=O) groups excluding carboxylic acids is 2. The number of thioether (sulfide) groups is 1. The van der Waals surface area contributed by atoms with E-state index in [0.717, 1.165) is 17.0 Å². The molecule has 1 aromatic rings. The van der Waals surface area contributed by atoms with Crippen LogP contribution in [0.25, 0.3) is 6.08 Å². The fourth-order valence-electron chi connectivity index (χ4n) is 1.90. The van der Waals surface area contributed by atoms with Crippen molar-refractivity contribution in [1.29, 1.82) is 0 Å². The van der Waals surface area contributed by atoms with Gasteiger partial charge in [-0.15, -0.1) is 0 Å². The molecule has 1 fully saturated rings. The Morgan fingerprint density at radius 2 is 2.14 bits per heavy atom. The van der Waals surface area contributed by atoms with E-state index in [2.05, 4.69) is 0 Å². The Bertz CT molecular complexity index is 700. The number of rotatable bonds is 4. The van der Waals surface area contributed by atoms with Gasteiger partial charge in [-0.1, -0.05) is 0 Å². The summed E-state index contributed by atoms with van der Waals surface area (Å²) < 4.78 is 4.88. The first kappa shape index (κ1) is 15.8. The largest absolute Gasteiger partial charge is 0.504 e. The minimum atomic E-state index is -0.642. The van der Waals surface area contributed by atoms with Gasteiger partial charge in [-0.2, -0.15) is 0 Å². The van der Waals surface area contributed by atoms with E-state index in [9.17, 15) is 24.8 Å². The molecule has 1 heterocycles. The van der Waals surface area contributed by atoms with Gasteiger partial charge in [-0.25, -0.2) is 0 Å². The summed E-state index contributed by atoms with van der Waals surface area (Å²) in [6, 6.07) is 2.18. The molecule has 1 aromatic carbocycles. The molecule has 9 heteroatoms. The molecule has 22 heavy (non-hydrogen) atoms. The van der Waals surface area contributed by atoms with Crippen LogP contribution in [0.15, 0.2) is 17.0 Å². The lowest BCUT2D eigenvalue weighted by atomic mass is 10.1. The predicted octanol–water partition coefficient (Wildman–Crippen LogP) is 2.37. The zero-order valence-electron chi connectivity index (χ0n) is 11.7. The number of phenols is 1. The summed E-state index contributed by atoms with van der Waals surface area (Å²) in [5.41, 5.74) is -0.261. The number of likely N-dealkylation sites (N-methyl/N-ethyl adjacent to an activating group) is 1. The van der Waals surface area contributed by atoms with Crippen LogP contribution >= 0.6 is 11.8 Å². The van der Waals surface area contributed by atoms with Crippen molar-refractivity contribution in [3.63, 3.8) is 0 Å². The molecule has 0 spiro atoms. The third-order valence-electron chi connectivity index (χ3n) is 3.00. The first-order valence-corrected chi connectivity index (χ1v) is 7.01. The Labute approximate surface area is 129 Å². The summed E-state index contributed by atoms with van der Waals surface area (Å²) in [5.74, 6) is -0.922. The van der Waals surface area contributed by atoms with Gasteiger partial charge in [0.2, 0.25) is 0 Å². The van der Waals surface area contributed by atoms with Crippen molar-refractivity contribution in [2.45, 2.75) is 6.92 Å². The number of benzene rings is 1. The van der Waals surface area contributed by atoms with E-state index in [-0.39, 0.29) is 34.2 Å². The van der Waals surface area contributed by atoms with Gasteiger partial charge in [0.1, 0.15) is 0 Å². The van der Waals surface area contributed by atoms with Gasteiger partial charge in [-0.3, -0.25) is 24.6 Å². The molecule has 0 aliphatic carbocycles. The molecule has 0 atom stereocenters. The number of ether oxygens (including phenoxy) is 1. The van der Waals surface area contributed by atoms with E-state index >= 15 is 0 Å². The second-order valence-corrected chi connectivity index (χ2v) is 5.26. The van der Waals surface area contributed by atoms with Gasteiger partial charge >= 0.3 is 0 Å². The minimum Gasteiger partial charge on any atom is -0.504 e. The molecular weight excluding hydrogens is 312 g/mol. The first-order chi connectivity index (χ1) is 10.4. The van der Waals surface area contributed by atoms with Crippen LogP contribution in [0.4, 0.5) is 10.5 Å². The van der Waals surface area contributed by atoms with E-state index in [4.69, 9.17) is 4.74 Å². The molecule has 0 saturated carbocycles. The zero-order valence-corrected chi connectivity index (χ0v) is 12.5. The summed E-state index contributed by atoms with van der Waals surface area (Å²) in [4.78, 5) is 35.0. The quantitative estimate of drug-likeness (QED) is 0.514. The van der Waals surface area contributed by atoms with E-state index in [1.807, 2.05) is 0 Å². The van der Waals surface area contributed by atoms with E-state index in [1.165, 1.54) is 13.2 Å². The standard InChI is InChI=1S/C13H12N2O6S/c1-3-14-12(17)10(22-13(14)18)5-7-4-8(15(19)20)6-9(21-2)11(7)16/h4-6,16H,3H2,1-2H3/b10-5+. The van der Waals surface area contributed by atoms with Crippen LogP contribution in [-0.4, -0.2) is 39.7 Å². The van der Waals surface area contributed by atoms with Gasteiger partial charge in [-0.05, 0) is 24.8 Å². The average Bonchev–Trinajstić information content (AvgIpc) is 2.74. The van der Waals surface area contributed by atoms with Gasteiger partial charge < -0.3 is 9.84 Å². The average molecular weight is 324 g/mol. The van der Waals surface area contributed by atoms with Crippen molar-refractivity contribution in [3.05, 3.63) is 32.7 Å². The minimum absolute atomic E-state index is 0.0349. The van der Waals surface area contributed by atoms with Crippen molar-refractivity contribution in [1.82, 2.24) is 4.90 Å². The monoisotopic (exact) mass is 324 g/mol. The maximum absolute atomic E-state index is 12.0. The highest BCUT2D eigenvalue weighted by Crippen LogP contribution is 2.38. The zero-order chi connectivity index (χ0) is 16.4. The van der Waals surface area contributed by atoms with Crippen molar-refractivity contribution >= 4 is 34.7 Å². The number of non-ortho nitro benzene ring substituents is 1. The molecule has 0 radical (unpaired) electrons. The third-order valence-corrected chi connectivity index (χ3v) is 3.90. The van der Waals surface area contributed by atoms with Crippen LogP contribution in [0, 0.1) is 10.1 Å². The van der Waals surface area contributed by atoms with Crippen molar-refractivity contribution in [3.8, 4) is 11.5 Å². The summed E-state index contributed by atoms with van der Waals surface area (Å²) >= 11 is 0.714. The molecule has 1 aliphatic heterocycles. The van der Waals surface area contributed by atoms with E-state index in [1.54, 1.807) is 6.92 Å². The number of nitrogens with zero attached hydrogens (tertiary/aromatic N) is 2. The van der Waals surface area contributed by atoms with Crippen LogP contribution < -0.4 is 4.74 Å². The Balaban J connectivity index is 2.51. The second kappa shape index (κ2) is 6.06. The molecular formula is C13H12N2O6S. The maximum atomic E-state index is 12.0. The Morgan fingerprint density at radius 1 is 1.45 bits per heavy atom. The van der Waals surface area contributed by atoms with Gasteiger partial charge in [0, 0.05) is 18.2 Å². The molecule has 1 aliphatic rings. The highest BCUT2D eigenvalue weighted by molar-refractivity contribution is 8.18. The molecule has 0 bridgehead atoms. The lowest BCUT2D eigenvalue weighted by Crippen LogP contribution is -2.27. The number of nitro groups is 1. The second-order valence-electron chi connectivity index (χ2n) is 4.27. The summed E-state index contributed by atoms with van der Waals surface area (Å²) in [5, 5.41) is 20.5. The molecule has 1 saturated heterocycles. The first-order valence-electron chi connectivity index (χ1n) is 6.19. The van der Waals surface area contributed by atoms with Gasteiger partial charge in [0.15, 0.2) is 11.5 Å². The van der Waals surface area contributed by atoms with Gasteiger partial charge in [0.25, 0.3) is 16.8 Å². The number of imide groups is 1. The molecule has 116 valence electrons. The highest BCUT2D eigenvalue weighted by atomic mass is 32.2. The van der Waals surface area contributed by atoms with Gasteiger partial charge in [0.05, 0.1) is 23.0 Å². The summed E-state index contributed by atoms with van der Waals surface area (Å²) in [6.45, 7) is 1.89. The summed E-state index contributed by atoms with van der Waals surface area (Å²) in [6.07, 6.45) is 1.24. The van der Waals surface area contributed by atoms with Crippen LogP contribution in [0.1, 0.15) is 12.5 Å². The molecule has 1 N–H and O–H groups in total. The van der Waals surface area contributed by atoms with Crippen molar-refractivity contribution in [2.75, 3.05) is 13.7 Å². The smallest absolute Gasteiger partial charge is 0.293 e. The van der Waals surface area contributed by atoms with Crippen molar-refractivity contribution < 1.29 is 24.4 Å². The fourth-order valence-corrected chi connectivity index (χ4v) is 2.79. The molecule has 8 nitrogen and oxygen atoms in total. The van der Waals surface area contributed by atoms with Crippen LogP contribution in [-0.2, 0) is 4.79 Å². The number of phenolic OH excluding ortho intramolecular Hbond substituents is 1. The predicted molar refractivity (Wildman–Crippen MR) is 79.7 cm³/mol. The van der Waals surface area contributed by atoms with Crippen molar-refractivity contribution in [2.24, 2.45) is 0 Å². The summed E-state index contributed by atoms with van der Waals surface area (Å²) in [7, 11) is 1.26. The number of amides is 2. The number of nitro benzene ring substituents is 1. The third kappa shape index (κ3) is 2.75. The number of aromatic hydroxyl groups is 1. The lowest BCUT2D eigenvalue weighted by molar-refractivity contribution is -0.385. The number of carbonyl (C=O) groups is 2. The normalized spacial score (nSPS) is 16.5. The van der Waals surface area contributed by atoms with E-state index in [0.29, 0.717) is 11.8 Å². The molecule has 0 unspecified atom stereocenters. The molecule has 2 amide bonds.